The van der Waals surface area contributed by atoms with Crippen molar-refractivity contribution in [2.45, 2.75) is 6.92 Å². The number of benzene rings is 2. The zero-order valence-corrected chi connectivity index (χ0v) is 17.5. The minimum Gasteiger partial charge on any atom is -0.492 e. The molecule has 2 N–H and O–H groups in total. The maximum absolute atomic E-state index is 12.3. The van der Waals surface area contributed by atoms with Crippen LogP contribution in [0.5, 0.6) is 5.75 Å². The molecule has 8 heteroatoms. The predicted octanol–water partition coefficient (Wildman–Crippen LogP) is 3.85. The summed E-state index contributed by atoms with van der Waals surface area (Å²) in [5, 5.41) is 5.56. The Bertz CT molecular complexity index is 988. The molecule has 1 aliphatic heterocycles. The van der Waals surface area contributed by atoms with E-state index in [1.165, 1.54) is 5.69 Å². The van der Waals surface area contributed by atoms with Gasteiger partial charge in [-0.05, 0) is 31.2 Å². The van der Waals surface area contributed by atoms with E-state index in [1.807, 2.05) is 31.2 Å². The van der Waals surface area contributed by atoms with Crippen molar-refractivity contribution in [1.82, 2.24) is 9.97 Å². The highest BCUT2D eigenvalue weighted by molar-refractivity contribution is 6.00. The van der Waals surface area contributed by atoms with Gasteiger partial charge in [0.25, 0.3) is 0 Å². The van der Waals surface area contributed by atoms with Gasteiger partial charge in [0.1, 0.15) is 5.75 Å². The molecule has 4 rings (SSSR count). The van der Waals surface area contributed by atoms with Crippen molar-refractivity contribution >= 4 is 29.0 Å². The fraction of sp³-hybridized carbons (Fsp3) is 0.261. The average molecular weight is 419 g/mol. The van der Waals surface area contributed by atoms with Crippen LogP contribution in [0.4, 0.5) is 27.8 Å². The van der Waals surface area contributed by atoms with E-state index in [0.717, 1.165) is 26.2 Å². The molecule has 0 radical (unpaired) electrons. The van der Waals surface area contributed by atoms with E-state index in [4.69, 9.17) is 4.74 Å². The SMILES string of the molecule is CCOc1ccccc1NC(=O)Nc1cnc(N2CCN(c3ccccc3)CC2)nc1. The number of urea groups is 1. The van der Waals surface area contributed by atoms with E-state index >= 15 is 0 Å². The second kappa shape index (κ2) is 9.80. The van der Waals surface area contributed by atoms with Crippen molar-refractivity contribution in [3.05, 3.63) is 67.0 Å². The normalized spacial score (nSPS) is 13.6. The quantitative estimate of drug-likeness (QED) is 0.633. The van der Waals surface area contributed by atoms with Crippen LogP contribution in [-0.4, -0.2) is 48.8 Å². The van der Waals surface area contributed by atoms with Crippen molar-refractivity contribution in [3.63, 3.8) is 0 Å². The van der Waals surface area contributed by atoms with E-state index in [2.05, 4.69) is 54.7 Å². The highest BCUT2D eigenvalue weighted by Gasteiger charge is 2.19. The van der Waals surface area contributed by atoms with Gasteiger partial charge < -0.3 is 25.2 Å². The van der Waals surface area contributed by atoms with Crippen molar-refractivity contribution in [1.29, 1.82) is 0 Å². The molecule has 160 valence electrons. The summed E-state index contributed by atoms with van der Waals surface area (Å²) in [6.07, 6.45) is 3.25. The van der Waals surface area contributed by atoms with E-state index in [-0.39, 0.29) is 6.03 Å². The molecule has 31 heavy (non-hydrogen) atoms. The Kier molecular flexibility index (Phi) is 6.47. The van der Waals surface area contributed by atoms with E-state index in [1.54, 1.807) is 18.5 Å². The number of carbonyl (C=O) groups excluding carboxylic acids is 1. The van der Waals surface area contributed by atoms with Gasteiger partial charge in [0, 0.05) is 31.9 Å². The molecule has 0 aliphatic carbocycles. The van der Waals surface area contributed by atoms with Gasteiger partial charge in [0.2, 0.25) is 5.95 Å². The molecule has 2 heterocycles. The Hall–Kier alpha value is -3.81. The number of hydrogen-bond acceptors (Lipinski definition) is 6. The van der Waals surface area contributed by atoms with E-state index < -0.39 is 0 Å². The first kappa shape index (κ1) is 20.5. The third kappa shape index (κ3) is 5.22. The summed E-state index contributed by atoms with van der Waals surface area (Å²) in [5.74, 6) is 1.29. The number of para-hydroxylation sites is 3. The van der Waals surface area contributed by atoms with Gasteiger partial charge >= 0.3 is 6.03 Å². The molecular weight excluding hydrogens is 392 g/mol. The molecule has 0 bridgehead atoms. The molecule has 0 unspecified atom stereocenters. The second-order valence-corrected chi connectivity index (χ2v) is 7.09. The lowest BCUT2D eigenvalue weighted by Gasteiger charge is -2.36. The predicted molar refractivity (Wildman–Crippen MR) is 123 cm³/mol. The van der Waals surface area contributed by atoms with Gasteiger partial charge in [0.05, 0.1) is 30.4 Å². The van der Waals surface area contributed by atoms with Crippen LogP contribution < -0.4 is 25.2 Å². The van der Waals surface area contributed by atoms with Crippen LogP contribution >= 0.6 is 0 Å². The molecule has 1 fully saturated rings. The second-order valence-electron chi connectivity index (χ2n) is 7.09. The van der Waals surface area contributed by atoms with Gasteiger partial charge in [-0.3, -0.25) is 0 Å². The topological polar surface area (TPSA) is 82.6 Å². The summed E-state index contributed by atoms with van der Waals surface area (Å²) in [7, 11) is 0. The lowest BCUT2D eigenvalue weighted by molar-refractivity contribution is 0.262. The highest BCUT2D eigenvalue weighted by Crippen LogP contribution is 2.24. The first-order valence-electron chi connectivity index (χ1n) is 10.4. The Labute approximate surface area is 181 Å². The summed E-state index contributed by atoms with van der Waals surface area (Å²) < 4.78 is 5.53. The Morgan fingerprint density at radius 2 is 1.55 bits per heavy atom. The van der Waals surface area contributed by atoms with Crippen LogP contribution in [0.3, 0.4) is 0 Å². The Balaban J connectivity index is 1.31. The maximum Gasteiger partial charge on any atom is 0.323 e. The number of piperazine rings is 1. The maximum atomic E-state index is 12.3. The van der Waals surface area contributed by atoms with Crippen LogP contribution in [0, 0.1) is 0 Å². The van der Waals surface area contributed by atoms with Gasteiger partial charge in [-0.25, -0.2) is 14.8 Å². The fourth-order valence-electron chi connectivity index (χ4n) is 3.49. The third-order valence-electron chi connectivity index (χ3n) is 5.02. The van der Waals surface area contributed by atoms with Gasteiger partial charge in [0.15, 0.2) is 0 Å². The molecule has 8 nitrogen and oxygen atoms in total. The van der Waals surface area contributed by atoms with Crippen LogP contribution in [-0.2, 0) is 0 Å². The van der Waals surface area contributed by atoms with Crippen LogP contribution in [0.15, 0.2) is 67.0 Å². The van der Waals surface area contributed by atoms with E-state index in [0.29, 0.717) is 29.7 Å². The first-order valence-corrected chi connectivity index (χ1v) is 10.4. The number of amides is 2. The summed E-state index contributed by atoms with van der Waals surface area (Å²) in [6, 6.07) is 17.3. The third-order valence-corrected chi connectivity index (χ3v) is 5.02. The first-order chi connectivity index (χ1) is 15.2. The molecule has 2 aromatic carbocycles. The number of ether oxygens (including phenoxy) is 1. The molecular formula is C23H26N6O2. The number of rotatable bonds is 6. The lowest BCUT2D eigenvalue weighted by Crippen LogP contribution is -2.47. The van der Waals surface area contributed by atoms with Crippen molar-refractivity contribution in [2.24, 2.45) is 0 Å². The number of carbonyl (C=O) groups is 1. The molecule has 2 amide bonds. The Morgan fingerprint density at radius 1 is 0.903 bits per heavy atom. The van der Waals surface area contributed by atoms with Gasteiger partial charge in [-0.1, -0.05) is 30.3 Å². The standard InChI is InChI=1S/C23H26N6O2/c1-2-31-21-11-7-6-10-20(21)27-23(30)26-18-16-24-22(25-17-18)29-14-12-28(13-15-29)19-8-4-3-5-9-19/h3-11,16-17H,2,12-15H2,1H3,(H2,26,27,30). The summed E-state index contributed by atoms with van der Waals surface area (Å²) in [5.41, 5.74) is 2.37. The van der Waals surface area contributed by atoms with E-state index in [9.17, 15) is 4.79 Å². The molecule has 1 aliphatic rings. The molecule has 3 aromatic rings. The number of nitrogens with one attached hydrogen (secondary N) is 2. The van der Waals surface area contributed by atoms with Crippen LogP contribution in [0.1, 0.15) is 6.92 Å². The van der Waals surface area contributed by atoms with Gasteiger partial charge in [-0.2, -0.15) is 0 Å². The minimum absolute atomic E-state index is 0.375. The molecule has 0 saturated carbocycles. The summed E-state index contributed by atoms with van der Waals surface area (Å²) in [6.45, 7) is 5.93. The van der Waals surface area contributed by atoms with Crippen molar-refractivity contribution in [2.75, 3.05) is 53.2 Å². The molecule has 0 spiro atoms. The minimum atomic E-state index is -0.375. The van der Waals surface area contributed by atoms with Crippen LogP contribution in [0.25, 0.3) is 0 Å². The average Bonchev–Trinajstić information content (AvgIpc) is 2.82. The lowest BCUT2D eigenvalue weighted by atomic mass is 10.2. The number of aromatic nitrogens is 2. The number of hydrogen-bond donors (Lipinski definition) is 2. The molecule has 0 atom stereocenters. The Morgan fingerprint density at radius 3 is 2.26 bits per heavy atom. The summed E-state index contributed by atoms with van der Waals surface area (Å²) >= 11 is 0. The smallest absolute Gasteiger partial charge is 0.323 e. The molecule has 1 saturated heterocycles. The number of nitrogens with zero attached hydrogens (tertiary/aromatic N) is 4. The monoisotopic (exact) mass is 418 g/mol. The van der Waals surface area contributed by atoms with Crippen molar-refractivity contribution < 1.29 is 9.53 Å². The fourth-order valence-corrected chi connectivity index (χ4v) is 3.49. The zero-order chi connectivity index (χ0) is 21.5. The van der Waals surface area contributed by atoms with Crippen molar-refractivity contribution in [3.8, 4) is 5.75 Å². The number of anilines is 4. The van der Waals surface area contributed by atoms with Crippen LogP contribution in [0.2, 0.25) is 0 Å². The largest absolute Gasteiger partial charge is 0.492 e. The zero-order valence-electron chi connectivity index (χ0n) is 17.5. The highest BCUT2D eigenvalue weighted by atomic mass is 16.5. The summed E-state index contributed by atoms with van der Waals surface area (Å²) in [4.78, 5) is 25.7. The van der Waals surface area contributed by atoms with Gasteiger partial charge in [-0.15, -0.1) is 0 Å². The molecule has 1 aromatic heterocycles.